The molecule has 2 unspecified atom stereocenters. The van der Waals surface area contributed by atoms with Crippen molar-refractivity contribution < 1.29 is 19.7 Å². The maximum absolute atomic E-state index is 13.2. The molecular weight excluding hydrogens is 430 g/mol. The third-order valence-electron chi connectivity index (χ3n) is 7.23. The van der Waals surface area contributed by atoms with Crippen molar-refractivity contribution in [1.29, 1.82) is 0 Å². The third-order valence-corrected chi connectivity index (χ3v) is 7.23. The highest BCUT2D eigenvalue weighted by Gasteiger charge is 2.32. The van der Waals surface area contributed by atoms with Crippen molar-refractivity contribution in [2.24, 2.45) is 0 Å². The van der Waals surface area contributed by atoms with Gasteiger partial charge in [-0.15, -0.1) is 0 Å². The lowest BCUT2D eigenvalue weighted by Gasteiger charge is -2.32. The number of hydrogen-bond acceptors (Lipinski definition) is 6. The molecule has 2 aromatic rings. The van der Waals surface area contributed by atoms with Gasteiger partial charge in [-0.1, -0.05) is 30.3 Å². The van der Waals surface area contributed by atoms with Crippen molar-refractivity contribution in [2.45, 2.75) is 44.6 Å². The quantitative estimate of drug-likeness (QED) is 0.679. The molecule has 182 valence electrons. The van der Waals surface area contributed by atoms with E-state index in [4.69, 9.17) is 4.74 Å². The Morgan fingerprint density at radius 3 is 2.68 bits per heavy atom. The monoisotopic (exact) mass is 465 g/mol. The summed E-state index contributed by atoms with van der Waals surface area (Å²) in [5, 5.41) is 21.0. The first-order valence-corrected chi connectivity index (χ1v) is 12.3. The zero-order chi connectivity index (χ0) is 23.7. The molecule has 3 heterocycles. The second-order valence-corrected chi connectivity index (χ2v) is 10.3. The second-order valence-electron chi connectivity index (χ2n) is 10.3. The molecule has 0 aromatic heterocycles. The van der Waals surface area contributed by atoms with Crippen LogP contribution >= 0.6 is 0 Å². The lowest BCUT2D eigenvalue weighted by molar-refractivity contribution is 0.0501. The zero-order valence-electron chi connectivity index (χ0n) is 19.9. The van der Waals surface area contributed by atoms with Crippen molar-refractivity contribution in [3.05, 3.63) is 64.7 Å². The van der Waals surface area contributed by atoms with Crippen LogP contribution < -0.4 is 4.74 Å². The number of nitrogens with zero attached hydrogens (tertiary/aromatic N) is 3. The first kappa shape index (κ1) is 23.3. The van der Waals surface area contributed by atoms with E-state index < -0.39 is 11.7 Å². The lowest BCUT2D eigenvalue weighted by atomic mass is 10.00. The molecule has 0 radical (unpaired) electrons. The van der Waals surface area contributed by atoms with Crippen molar-refractivity contribution in [2.75, 3.05) is 45.9 Å². The van der Waals surface area contributed by atoms with Crippen LogP contribution in [0.2, 0.25) is 0 Å². The van der Waals surface area contributed by atoms with Crippen LogP contribution in [0.1, 0.15) is 40.4 Å². The highest BCUT2D eigenvalue weighted by molar-refractivity contribution is 5.97. The first-order valence-electron chi connectivity index (χ1n) is 12.3. The molecule has 1 fully saturated rings. The molecule has 7 heteroatoms. The largest absolute Gasteiger partial charge is 0.491 e. The van der Waals surface area contributed by atoms with Crippen LogP contribution in [-0.4, -0.2) is 88.4 Å². The van der Waals surface area contributed by atoms with Gasteiger partial charge in [-0.3, -0.25) is 14.6 Å². The summed E-state index contributed by atoms with van der Waals surface area (Å²) in [7, 11) is 0. The Hall–Kier alpha value is -2.45. The van der Waals surface area contributed by atoms with Gasteiger partial charge in [0.25, 0.3) is 5.91 Å². The predicted octanol–water partition coefficient (Wildman–Crippen LogP) is 1.90. The topological polar surface area (TPSA) is 76.5 Å². The molecule has 0 saturated carbocycles. The van der Waals surface area contributed by atoms with E-state index in [1.807, 2.05) is 25.1 Å². The number of carbonyl (C=O) groups excluding carboxylic acids is 1. The van der Waals surface area contributed by atoms with Crippen LogP contribution in [0.5, 0.6) is 5.75 Å². The first-order chi connectivity index (χ1) is 16.4. The number of aliphatic hydroxyl groups excluding tert-OH is 1. The van der Waals surface area contributed by atoms with Crippen molar-refractivity contribution in [1.82, 2.24) is 14.7 Å². The number of likely N-dealkylation sites (tertiary alicyclic amines) is 1. The molecule has 0 spiro atoms. The van der Waals surface area contributed by atoms with Crippen molar-refractivity contribution in [3.63, 3.8) is 0 Å². The van der Waals surface area contributed by atoms with E-state index in [0.29, 0.717) is 44.1 Å². The Morgan fingerprint density at radius 2 is 1.88 bits per heavy atom. The summed E-state index contributed by atoms with van der Waals surface area (Å²) < 4.78 is 5.94. The predicted molar refractivity (Wildman–Crippen MR) is 130 cm³/mol. The molecule has 5 rings (SSSR count). The maximum atomic E-state index is 13.2. The number of fused-ring (bicyclic) bond motifs is 2. The van der Waals surface area contributed by atoms with Crippen LogP contribution in [0.4, 0.5) is 0 Å². The fourth-order valence-corrected chi connectivity index (χ4v) is 5.43. The van der Waals surface area contributed by atoms with Gasteiger partial charge < -0.3 is 19.8 Å². The minimum Gasteiger partial charge on any atom is -0.491 e. The summed E-state index contributed by atoms with van der Waals surface area (Å²) in [6.07, 6.45) is 1.15. The van der Waals surface area contributed by atoms with Crippen LogP contribution in [0, 0.1) is 0 Å². The van der Waals surface area contributed by atoms with Gasteiger partial charge in [0.15, 0.2) is 0 Å². The van der Waals surface area contributed by atoms with Gasteiger partial charge in [-0.2, -0.15) is 0 Å². The van der Waals surface area contributed by atoms with E-state index in [0.717, 1.165) is 44.6 Å². The Morgan fingerprint density at radius 1 is 1.06 bits per heavy atom. The van der Waals surface area contributed by atoms with Gasteiger partial charge in [0.1, 0.15) is 12.4 Å². The summed E-state index contributed by atoms with van der Waals surface area (Å²) in [6.45, 7) is 7.57. The Labute approximate surface area is 201 Å². The SMILES string of the molecule is CC1(O)CCN(Cc2ccc3c(c2)OCCN(CC(O)CN2CCc4ccccc4C2)C3=O)C1. The summed E-state index contributed by atoms with van der Waals surface area (Å²) in [4.78, 5) is 19.5. The maximum Gasteiger partial charge on any atom is 0.257 e. The molecule has 0 aliphatic carbocycles. The molecule has 0 bridgehead atoms. The number of hydrogen-bond donors (Lipinski definition) is 2. The number of amides is 1. The number of carbonyl (C=O) groups is 1. The molecule has 3 aliphatic heterocycles. The smallest absolute Gasteiger partial charge is 0.257 e. The molecule has 34 heavy (non-hydrogen) atoms. The van der Waals surface area contributed by atoms with Gasteiger partial charge in [-0.25, -0.2) is 0 Å². The van der Waals surface area contributed by atoms with E-state index in [1.54, 1.807) is 4.90 Å². The van der Waals surface area contributed by atoms with Gasteiger partial charge in [0.05, 0.1) is 23.8 Å². The fourth-order valence-electron chi connectivity index (χ4n) is 5.43. The number of rotatable bonds is 6. The summed E-state index contributed by atoms with van der Waals surface area (Å²) in [5.41, 5.74) is 3.70. The zero-order valence-corrected chi connectivity index (χ0v) is 19.9. The molecule has 1 amide bonds. The average Bonchev–Trinajstić information content (AvgIpc) is 3.07. The number of ether oxygens (including phenoxy) is 1. The molecule has 2 N–H and O–H groups in total. The van der Waals surface area contributed by atoms with Crippen molar-refractivity contribution >= 4 is 5.91 Å². The van der Waals surface area contributed by atoms with Crippen LogP contribution in [0.15, 0.2) is 42.5 Å². The number of benzene rings is 2. The van der Waals surface area contributed by atoms with Crippen LogP contribution in [0.3, 0.4) is 0 Å². The van der Waals surface area contributed by atoms with E-state index in [1.165, 1.54) is 11.1 Å². The molecule has 1 saturated heterocycles. The van der Waals surface area contributed by atoms with E-state index in [-0.39, 0.29) is 5.91 Å². The molecule has 2 atom stereocenters. The van der Waals surface area contributed by atoms with Crippen LogP contribution in [-0.2, 0) is 19.5 Å². The molecular formula is C27H35N3O4. The Balaban J connectivity index is 1.19. The second kappa shape index (κ2) is 9.66. The highest BCUT2D eigenvalue weighted by atomic mass is 16.5. The molecule has 7 nitrogen and oxygen atoms in total. The Bertz CT molecular complexity index is 1040. The normalized spacial score (nSPS) is 24.3. The van der Waals surface area contributed by atoms with E-state index >= 15 is 0 Å². The molecule has 2 aromatic carbocycles. The summed E-state index contributed by atoms with van der Waals surface area (Å²) >= 11 is 0. The number of aliphatic hydroxyl groups is 2. The van der Waals surface area contributed by atoms with Crippen molar-refractivity contribution in [3.8, 4) is 5.75 Å². The minimum absolute atomic E-state index is 0.0915. The van der Waals surface area contributed by atoms with Gasteiger partial charge in [-0.05, 0) is 48.6 Å². The lowest BCUT2D eigenvalue weighted by Crippen LogP contribution is -2.44. The third kappa shape index (κ3) is 5.28. The van der Waals surface area contributed by atoms with Crippen LogP contribution in [0.25, 0.3) is 0 Å². The van der Waals surface area contributed by atoms with Gasteiger partial charge in [0.2, 0.25) is 0 Å². The summed E-state index contributed by atoms with van der Waals surface area (Å²) in [6, 6.07) is 14.2. The van der Waals surface area contributed by atoms with Gasteiger partial charge >= 0.3 is 0 Å². The van der Waals surface area contributed by atoms with Gasteiger partial charge in [0, 0.05) is 45.8 Å². The average molecular weight is 466 g/mol. The van der Waals surface area contributed by atoms with E-state index in [9.17, 15) is 15.0 Å². The van der Waals surface area contributed by atoms with E-state index in [2.05, 4.69) is 34.1 Å². The minimum atomic E-state index is -0.628. The highest BCUT2D eigenvalue weighted by Crippen LogP contribution is 2.28. The Kier molecular flexibility index (Phi) is 6.62. The fraction of sp³-hybridized carbons (Fsp3) is 0.519. The standard InChI is InChI=1S/C27H35N3O4/c1-27(33)9-11-29(19-27)15-20-6-7-24-25(14-20)34-13-12-30(26(24)32)18-23(31)17-28-10-8-21-4-2-3-5-22(21)16-28/h2-7,14,23,31,33H,8-13,15-19H2,1H3. The molecule has 3 aliphatic rings. The summed E-state index contributed by atoms with van der Waals surface area (Å²) in [5.74, 6) is 0.518. The number of β-amino-alcohol motifs (C(OH)–C–C–N with tert-alkyl or cyclic N) is 2.